The third-order valence-corrected chi connectivity index (χ3v) is 3.63. The Kier molecular flexibility index (Phi) is 6.31. The Hall–Kier alpha value is -0.570. The summed E-state index contributed by atoms with van der Waals surface area (Å²) in [5.41, 5.74) is 0.00155. The second kappa shape index (κ2) is 7.28. The van der Waals surface area contributed by atoms with Gasteiger partial charge >= 0.3 is 0 Å². The summed E-state index contributed by atoms with van der Waals surface area (Å²) in [5.74, 6) is 0.990. The number of likely N-dealkylation sites (tertiary alicyclic amines) is 1. The quantitative estimate of drug-likeness (QED) is 0.719. The highest BCUT2D eigenvalue weighted by Crippen LogP contribution is 2.18. The van der Waals surface area contributed by atoms with Crippen LogP contribution in [-0.4, -0.2) is 35.5 Å². The first-order valence-corrected chi connectivity index (χ1v) is 7.90. The number of carbonyl (C=O) groups excluding carboxylic acids is 1. The van der Waals surface area contributed by atoms with Gasteiger partial charge in [0.2, 0.25) is 5.91 Å². The lowest BCUT2D eigenvalue weighted by Crippen LogP contribution is -2.58. The Labute approximate surface area is 119 Å². The van der Waals surface area contributed by atoms with Crippen molar-refractivity contribution in [2.45, 2.75) is 78.3 Å². The fraction of sp³-hybridized carbons (Fsp3) is 0.938. The van der Waals surface area contributed by atoms with E-state index < -0.39 is 0 Å². The van der Waals surface area contributed by atoms with Gasteiger partial charge in [0.25, 0.3) is 0 Å². The molecule has 1 fully saturated rings. The second-order valence-corrected chi connectivity index (χ2v) is 7.14. The summed E-state index contributed by atoms with van der Waals surface area (Å²) in [6.45, 7) is 12.7. The summed E-state index contributed by atoms with van der Waals surface area (Å²) >= 11 is 0. The van der Waals surface area contributed by atoms with Crippen LogP contribution in [0.25, 0.3) is 0 Å². The van der Waals surface area contributed by atoms with Gasteiger partial charge in [0.15, 0.2) is 0 Å². The van der Waals surface area contributed by atoms with E-state index in [4.69, 9.17) is 0 Å². The van der Waals surface area contributed by atoms with Gasteiger partial charge in [-0.3, -0.25) is 4.79 Å². The molecule has 0 spiro atoms. The van der Waals surface area contributed by atoms with Crippen LogP contribution in [0.5, 0.6) is 0 Å². The summed E-state index contributed by atoms with van der Waals surface area (Å²) in [4.78, 5) is 14.5. The van der Waals surface area contributed by atoms with Gasteiger partial charge in [-0.15, -0.1) is 0 Å². The molecule has 1 aliphatic rings. The maximum Gasteiger partial charge on any atom is 0.239 e. The Morgan fingerprint density at radius 3 is 2.37 bits per heavy atom. The molecule has 3 heteroatoms. The van der Waals surface area contributed by atoms with Crippen LogP contribution in [0.2, 0.25) is 0 Å². The highest BCUT2D eigenvalue weighted by atomic mass is 16.2. The molecule has 0 saturated carbocycles. The highest BCUT2D eigenvalue weighted by molar-refractivity contribution is 5.82. The van der Waals surface area contributed by atoms with Crippen molar-refractivity contribution < 1.29 is 4.79 Å². The number of hydrogen-bond donors (Lipinski definition) is 1. The molecule has 0 aliphatic carbocycles. The number of unbranched alkanes of at least 4 members (excludes halogenated alkanes) is 3. The van der Waals surface area contributed by atoms with Gasteiger partial charge in [0, 0.05) is 18.6 Å². The van der Waals surface area contributed by atoms with E-state index in [0.29, 0.717) is 11.8 Å². The summed E-state index contributed by atoms with van der Waals surface area (Å²) in [6, 6.07) is 0.00403. The zero-order valence-corrected chi connectivity index (χ0v) is 13.5. The summed E-state index contributed by atoms with van der Waals surface area (Å²) in [6.07, 6.45) is 5.88. The predicted octanol–water partition coefficient (Wildman–Crippen LogP) is 3.19. The Bertz CT molecular complexity index is 277. The van der Waals surface area contributed by atoms with Crippen LogP contribution in [0.15, 0.2) is 0 Å². The summed E-state index contributed by atoms with van der Waals surface area (Å²) in [5, 5.41) is 3.51. The van der Waals surface area contributed by atoms with E-state index in [9.17, 15) is 4.79 Å². The summed E-state index contributed by atoms with van der Waals surface area (Å²) in [7, 11) is 0. The maximum absolute atomic E-state index is 12.5. The van der Waals surface area contributed by atoms with Crippen molar-refractivity contribution in [3.05, 3.63) is 0 Å². The Morgan fingerprint density at radius 1 is 1.26 bits per heavy atom. The van der Waals surface area contributed by atoms with Gasteiger partial charge in [-0.2, -0.15) is 0 Å². The highest BCUT2D eigenvalue weighted by Gasteiger charge is 2.33. The maximum atomic E-state index is 12.5. The van der Waals surface area contributed by atoms with Crippen molar-refractivity contribution in [3.8, 4) is 0 Å². The number of hydrogen-bond acceptors (Lipinski definition) is 2. The minimum absolute atomic E-state index is 0.00155. The smallest absolute Gasteiger partial charge is 0.239 e. The number of carbonyl (C=O) groups is 1. The van der Waals surface area contributed by atoms with Crippen LogP contribution in [0, 0.1) is 5.92 Å². The standard InChI is InChI=1S/C16H32N2O/c1-6-7-8-9-10-14(17-16(3,4)5)15(19)18-11-13(2)12-18/h13-14,17H,6-12H2,1-5H3. The van der Waals surface area contributed by atoms with Gasteiger partial charge in [0.1, 0.15) is 0 Å². The van der Waals surface area contributed by atoms with Crippen molar-refractivity contribution in [3.63, 3.8) is 0 Å². The van der Waals surface area contributed by atoms with E-state index in [1.54, 1.807) is 0 Å². The molecule has 19 heavy (non-hydrogen) atoms. The van der Waals surface area contributed by atoms with Crippen molar-refractivity contribution in [1.82, 2.24) is 10.2 Å². The van der Waals surface area contributed by atoms with Crippen LogP contribution in [0.3, 0.4) is 0 Å². The van der Waals surface area contributed by atoms with E-state index in [-0.39, 0.29) is 11.6 Å². The first-order valence-electron chi connectivity index (χ1n) is 7.90. The average Bonchev–Trinajstić information content (AvgIpc) is 2.26. The van der Waals surface area contributed by atoms with Crippen molar-refractivity contribution in [1.29, 1.82) is 0 Å². The molecule has 1 N–H and O–H groups in total. The van der Waals surface area contributed by atoms with E-state index in [0.717, 1.165) is 25.9 Å². The van der Waals surface area contributed by atoms with Gasteiger partial charge in [-0.25, -0.2) is 0 Å². The molecule has 1 amide bonds. The minimum Gasteiger partial charge on any atom is -0.341 e. The van der Waals surface area contributed by atoms with Crippen molar-refractivity contribution in [2.24, 2.45) is 5.92 Å². The fourth-order valence-electron chi connectivity index (χ4n) is 2.65. The molecule has 112 valence electrons. The molecular formula is C16H32N2O. The third kappa shape index (κ3) is 5.94. The van der Waals surface area contributed by atoms with Crippen molar-refractivity contribution in [2.75, 3.05) is 13.1 Å². The predicted molar refractivity (Wildman–Crippen MR) is 81.2 cm³/mol. The third-order valence-electron chi connectivity index (χ3n) is 3.63. The van der Waals surface area contributed by atoms with Gasteiger partial charge in [-0.05, 0) is 33.1 Å². The van der Waals surface area contributed by atoms with E-state index in [1.165, 1.54) is 19.3 Å². The first-order chi connectivity index (χ1) is 8.83. The number of nitrogens with zero attached hydrogens (tertiary/aromatic N) is 1. The number of amides is 1. The Morgan fingerprint density at radius 2 is 1.89 bits per heavy atom. The lowest BCUT2D eigenvalue weighted by Gasteiger charge is -2.40. The molecule has 1 unspecified atom stereocenters. The van der Waals surface area contributed by atoms with Crippen LogP contribution in [0.1, 0.15) is 66.7 Å². The van der Waals surface area contributed by atoms with E-state index >= 15 is 0 Å². The van der Waals surface area contributed by atoms with E-state index in [2.05, 4.69) is 39.9 Å². The van der Waals surface area contributed by atoms with Crippen LogP contribution >= 0.6 is 0 Å². The minimum atomic E-state index is 0.00155. The van der Waals surface area contributed by atoms with Crippen molar-refractivity contribution >= 4 is 5.91 Å². The molecule has 1 rings (SSSR count). The lowest BCUT2D eigenvalue weighted by molar-refractivity contribution is -0.140. The largest absolute Gasteiger partial charge is 0.341 e. The van der Waals surface area contributed by atoms with Gasteiger partial charge < -0.3 is 10.2 Å². The normalized spacial score (nSPS) is 18.3. The van der Waals surface area contributed by atoms with Crippen LogP contribution in [0.4, 0.5) is 0 Å². The molecule has 1 atom stereocenters. The van der Waals surface area contributed by atoms with E-state index in [1.807, 2.05) is 4.90 Å². The Balaban J connectivity index is 2.46. The number of rotatable bonds is 7. The zero-order valence-electron chi connectivity index (χ0n) is 13.5. The second-order valence-electron chi connectivity index (χ2n) is 7.14. The van der Waals surface area contributed by atoms with Crippen LogP contribution in [-0.2, 0) is 4.79 Å². The molecular weight excluding hydrogens is 236 g/mol. The fourth-order valence-corrected chi connectivity index (χ4v) is 2.65. The van der Waals surface area contributed by atoms with Gasteiger partial charge in [-0.1, -0.05) is 39.5 Å². The van der Waals surface area contributed by atoms with Crippen LogP contribution < -0.4 is 5.32 Å². The molecule has 1 saturated heterocycles. The molecule has 0 aromatic heterocycles. The molecule has 0 aromatic rings. The average molecular weight is 268 g/mol. The first kappa shape index (κ1) is 16.5. The molecule has 3 nitrogen and oxygen atoms in total. The number of nitrogens with one attached hydrogen (secondary N) is 1. The molecule has 1 heterocycles. The SMILES string of the molecule is CCCCCCC(NC(C)(C)C)C(=O)N1CC(C)C1. The lowest BCUT2D eigenvalue weighted by atomic mass is 9.97. The molecule has 1 aliphatic heterocycles. The molecule has 0 aromatic carbocycles. The monoisotopic (exact) mass is 268 g/mol. The van der Waals surface area contributed by atoms with Gasteiger partial charge in [0.05, 0.1) is 6.04 Å². The topological polar surface area (TPSA) is 32.3 Å². The molecule has 0 radical (unpaired) electrons. The zero-order chi connectivity index (χ0) is 14.5. The molecule has 0 bridgehead atoms. The summed E-state index contributed by atoms with van der Waals surface area (Å²) < 4.78 is 0.